The summed E-state index contributed by atoms with van der Waals surface area (Å²) in [6.45, 7) is 1.86. The first-order valence-corrected chi connectivity index (χ1v) is 8.87. The number of rotatable bonds is 3. The van der Waals surface area contributed by atoms with Crippen molar-refractivity contribution in [2.75, 3.05) is 18.4 Å². The van der Waals surface area contributed by atoms with E-state index in [-0.39, 0.29) is 24.8 Å². The number of hydrogen-bond donors (Lipinski definition) is 3. The Morgan fingerprint density at radius 3 is 2.58 bits per heavy atom. The highest BCUT2D eigenvalue weighted by Crippen LogP contribution is 2.29. The minimum absolute atomic E-state index is 0.116. The number of amides is 4. The van der Waals surface area contributed by atoms with E-state index in [1.807, 2.05) is 0 Å². The normalized spacial score (nSPS) is 25.9. The summed E-state index contributed by atoms with van der Waals surface area (Å²) in [6.07, 6.45) is 2.41. The van der Waals surface area contributed by atoms with Gasteiger partial charge >= 0.3 is 0 Å². The third kappa shape index (κ3) is 2.86. The molecule has 0 saturated carbocycles. The number of hydrogen-bond acceptors (Lipinski definition) is 6. The van der Waals surface area contributed by atoms with Gasteiger partial charge in [-0.05, 0) is 44.0 Å². The lowest BCUT2D eigenvalue weighted by Crippen LogP contribution is -2.54. The highest BCUT2D eigenvalue weighted by atomic mass is 16.2. The van der Waals surface area contributed by atoms with Crippen molar-refractivity contribution < 1.29 is 19.2 Å². The second kappa shape index (κ2) is 6.53. The molecule has 0 spiro atoms. The van der Waals surface area contributed by atoms with Gasteiger partial charge in [-0.25, -0.2) is 0 Å². The van der Waals surface area contributed by atoms with Crippen molar-refractivity contribution in [1.29, 1.82) is 0 Å². The van der Waals surface area contributed by atoms with E-state index in [0.717, 1.165) is 36.5 Å². The van der Waals surface area contributed by atoms with Gasteiger partial charge in [0.2, 0.25) is 11.8 Å². The average Bonchev–Trinajstić information content (AvgIpc) is 2.87. The molecule has 2 fully saturated rings. The molecule has 2 atom stereocenters. The van der Waals surface area contributed by atoms with Crippen LogP contribution in [-0.4, -0.2) is 53.7 Å². The Hall–Kier alpha value is -2.74. The number of imide groups is 2. The smallest absolute Gasteiger partial charge is 0.262 e. The number of piperidine rings is 2. The van der Waals surface area contributed by atoms with Gasteiger partial charge in [-0.15, -0.1) is 0 Å². The molecule has 0 aliphatic carbocycles. The van der Waals surface area contributed by atoms with Gasteiger partial charge in [0, 0.05) is 24.7 Å². The molecule has 2 unspecified atom stereocenters. The largest absolute Gasteiger partial charge is 0.381 e. The fraction of sp³-hybridized carbons (Fsp3) is 0.444. The van der Waals surface area contributed by atoms with Crippen LogP contribution in [0.3, 0.4) is 0 Å². The third-order valence-electron chi connectivity index (χ3n) is 5.11. The van der Waals surface area contributed by atoms with Gasteiger partial charge in [-0.2, -0.15) is 0 Å². The summed E-state index contributed by atoms with van der Waals surface area (Å²) in [6, 6.07) is 4.43. The number of carbonyl (C=O) groups excluding carboxylic acids is 4. The lowest BCUT2D eigenvalue weighted by molar-refractivity contribution is -0.136. The molecule has 0 aromatic heterocycles. The summed E-state index contributed by atoms with van der Waals surface area (Å²) in [5.41, 5.74) is 1.38. The lowest BCUT2D eigenvalue weighted by atomic mass is 10.0. The molecule has 136 valence electrons. The summed E-state index contributed by atoms with van der Waals surface area (Å²) < 4.78 is 0. The molecule has 1 aromatic carbocycles. The molecular weight excluding hydrogens is 336 g/mol. The molecule has 8 nitrogen and oxygen atoms in total. The first-order valence-electron chi connectivity index (χ1n) is 8.87. The number of anilines is 1. The van der Waals surface area contributed by atoms with Gasteiger partial charge in [-0.3, -0.25) is 29.4 Å². The molecule has 2 saturated heterocycles. The van der Waals surface area contributed by atoms with Gasteiger partial charge in [0.25, 0.3) is 11.8 Å². The highest BCUT2D eigenvalue weighted by molar-refractivity contribution is 6.23. The second-order valence-electron chi connectivity index (χ2n) is 6.90. The van der Waals surface area contributed by atoms with E-state index in [9.17, 15) is 19.2 Å². The number of nitrogens with zero attached hydrogens (tertiary/aromatic N) is 1. The van der Waals surface area contributed by atoms with Crippen LogP contribution in [0.15, 0.2) is 18.2 Å². The van der Waals surface area contributed by atoms with Crippen molar-refractivity contribution in [2.45, 2.75) is 37.8 Å². The molecular formula is C18H20N4O4. The van der Waals surface area contributed by atoms with E-state index in [2.05, 4.69) is 16.0 Å². The zero-order chi connectivity index (χ0) is 18.3. The molecule has 1 aromatic rings. The van der Waals surface area contributed by atoms with E-state index in [0.29, 0.717) is 11.1 Å². The fourth-order valence-electron chi connectivity index (χ4n) is 3.77. The van der Waals surface area contributed by atoms with Crippen LogP contribution in [0.4, 0.5) is 5.69 Å². The van der Waals surface area contributed by atoms with Gasteiger partial charge in [0.1, 0.15) is 6.04 Å². The van der Waals surface area contributed by atoms with Crippen LogP contribution in [0.2, 0.25) is 0 Å². The molecule has 4 amide bonds. The molecule has 0 bridgehead atoms. The maximum absolute atomic E-state index is 12.8. The van der Waals surface area contributed by atoms with Crippen LogP contribution in [-0.2, 0) is 9.59 Å². The highest BCUT2D eigenvalue weighted by Gasteiger charge is 2.44. The van der Waals surface area contributed by atoms with E-state index < -0.39 is 23.8 Å². The minimum atomic E-state index is -0.931. The van der Waals surface area contributed by atoms with Crippen LogP contribution in [0.5, 0.6) is 0 Å². The van der Waals surface area contributed by atoms with Crippen molar-refractivity contribution in [2.24, 2.45) is 0 Å². The summed E-state index contributed by atoms with van der Waals surface area (Å²) in [5, 5.41) is 8.90. The van der Waals surface area contributed by atoms with E-state index >= 15 is 0 Å². The standard InChI is InChI=1S/C18H20N4O4/c23-15-6-5-14(16(24)21-15)22-17(25)12-4-3-10(8-13(12)18(22)26)20-11-2-1-7-19-9-11/h3-4,8,11,14,19-20H,1-2,5-7,9H2,(H,21,23,24). The van der Waals surface area contributed by atoms with Gasteiger partial charge in [-0.1, -0.05) is 0 Å². The van der Waals surface area contributed by atoms with Gasteiger partial charge in [0.15, 0.2) is 0 Å². The molecule has 4 rings (SSSR count). The lowest BCUT2D eigenvalue weighted by Gasteiger charge is -2.27. The summed E-state index contributed by atoms with van der Waals surface area (Å²) in [5.74, 6) is -1.94. The van der Waals surface area contributed by atoms with Crippen LogP contribution in [0.25, 0.3) is 0 Å². The monoisotopic (exact) mass is 356 g/mol. The van der Waals surface area contributed by atoms with Crippen LogP contribution < -0.4 is 16.0 Å². The summed E-state index contributed by atoms with van der Waals surface area (Å²) in [7, 11) is 0. The van der Waals surface area contributed by atoms with E-state index in [1.54, 1.807) is 18.2 Å². The Bertz CT molecular complexity index is 800. The van der Waals surface area contributed by atoms with Crippen LogP contribution in [0, 0.1) is 0 Å². The minimum Gasteiger partial charge on any atom is -0.381 e. The molecule has 3 heterocycles. The Kier molecular flexibility index (Phi) is 4.20. The predicted octanol–water partition coefficient (Wildman–Crippen LogP) is 0.252. The topological polar surface area (TPSA) is 108 Å². The van der Waals surface area contributed by atoms with Crippen molar-refractivity contribution in [1.82, 2.24) is 15.5 Å². The van der Waals surface area contributed by atoms with Crippen molar-refractivity contribution in [3.8, 4) is 0 Å². The molecule has 0 radical (unpaired) electrons. The Morgan fingerprint density at radius 2 is 1.85 bits per heavy atom. The van der Waals surface area contributed by atoms with Crippen molar-refractivity contribution >= 4 is 29.3 Å². The number of nitrogens with one attached hydrogen (secondary N) is 3. The fourth-order valence-corrected chi connectivity index (χ4v) is 3.77. The number of fused-ring (bicyclic) bond motifs is 1. The van der Waals surface area contributed by atoms with Crippen molar-refractivity contribution in [3.05, 3.63) is 29.3 Å². The average molecular weight is 356 g/mol. The Labute approximate surface area is 150 Å². The maximum Gasteiger partial charge on any atom is 0.262 e. The van der Waals surface area contributed by atoms with E-state index in [1.165, 1.54) is 0 Å². The molecule has 3 N–H and O–H groups in total. The van der Waals surface area contributed by atoms with Crippen LogP contribution in [0.1, 0.15) is 46.4 Å². The maximum atomic E-state index is 12.8. The molecule has 8 heteroatoms. The number of carbonyl (C=O) groups is 4. The Balaban J connectivity index is 1.56. The molecule has 3 aliphatic heterocycles. The quantitative estimate of drug-likeness (QED) is 0.670. The zero-order valence-corrected chi connectivity index (χ0v) is 14.2. The van der Waals surface area contributed by atoms with Crippen molar-refractivity contribution in [3.63, 3.8) is 0 Å². The number of benzene rings is 1. The first-order chi connectivity index (χ1) is 12.5. The van der Waals surface area contributed by atoms with E-state index in [4.69, 9.17) is 0 Å². The van der Waals surface area contributed by atoms with Gasteiger partial charge < -0.3 is 10.6 Å². The van der Waals surface area contributed by atoms with Gasteiger partial charge in [0.05, 0.1) is 11.1 Å². The predicted molar refractivity (Wildman–Crippen MR) is 92.6 cm³/mol. The third-order valence-corrected chi connectivity index (χ3v) is 5.11. The first kappa shape index (κ1) is 16.7. The summed E-state index contributed by atoms with van der Waals surface area (Å²) in [4.78, 5) is 49.8. The summed E-state index contributed by atoms with van der Waals surface area (Å²) >= 11 is 0. The molecule has 3 aliphatic rings. The second-order valence-corrected chi connectivity index (χ2v) is 6.90. The van der Waals surface area contributed by atoms with Crippen LogP contribution >= 0.6 is 0 Å². The molecule has 26 heavy (non-hydrogen) atoms. The Morgan fingerprint density at radius 1 is 1.04 bits per heavy atom. The SMILES string of the molecule is O=C1CCC(N2C(=O)c3ccc(NC4CCCNC4)cc3C2=O)C(=O)N1. The zero-order valence-electron chi connectivity index (χ0n) is 14.2.